The van der Waals surface area contributed by atoms with Crippen molar-refractivity contribution in [3.8, 4) is 5.75 Å². The van der Waals surface area contributed by atoms with Gasteiger partial charge in [0.25, 0.3) is 0 Å². The van der Waals surface area contributed by atoms with Gasteiger partial charge < -0.3 is 9.84 Å². The summed E-state index contributed by atoms with van der Waals surface area (Å²) < 4.78 is 6.63. The van der Waals surface area contributed by atoms with Crippen molar-refractivity contribution in [1.82, 2.24) is 0 Å². The average Bonchev–Trinajstić information content (AvgIpc) is 2.47. The molecular formula is C16H17BrO2. The summed E-state index contributed by atoms with van der Waals surface area (Å²) in [5.74, 6) is 0.770. The van der Waals surface area contributed by atoms with Crippen LogP contribution in [-0.4, -0.2) is 5.11 Å². The number of halogens is 1. The van der Waals surface area contributed by atoms with Crippen LogP contribution in [0.5, 0.6) is 5.75 Å². The van der Waals surface area contributed by atoms with Gasteiger partial charge in [0.05, 0.1) is 6.61 Å². The first-order valence-corrected chi connectivity index (χ1v) is 7.12. The second kappa shape index (κ2) is 6.73. The summed E-state index contributed by atoms with van der Waals surface area (Å²) in [4.78, 5) is 0. The molecule has 2 rings (SSSR count). The fourth-order valence-corrected chi connectivity index (χ4v) is 2.17. The molecule has 0 bridgehead atoms. The molecule has 3 heteroatoms. The number of aliphatic hydroxyl groups excluding tert-OH is 1. The Morgan fingerprint density at radius 3 is 2.37 bits per heavy atom. The highest BCUT2D eigenvalue weighted by Crippen LogP contribution is 2.23. The maximum atomic E-state index is 9.20. The number of aliphatic hydroxyl groups is 1. The van der Waals surface area contributed by atoms with Crippen LogP contribution >= 0.6 is 15.9 Å². The Hall–Kier alpha value is -1.32. The Morgan fingerprint density at radius 2 is 1.74 bits per heavy atom. The minimum Gasteiger partial charge on any atom is -0.489 e. The van der Waals surface area contributed by atoms with Crippen LogP contribution in [0.2, 0.25) is 0 Å². The summed E-state index contributed by atoms with van der Waals surface area (Å²) in [5, 5.41) is 9.20. The van der Waals surface area contributed by atoms with E-state index in [9.17, 15) is 5.11 Å². The van der Waals surface area contributed by atoms with Gasteiger partial charge in [-0.3, -0.25) is 0 Å². The number of rotatable bonds is 5. The lowest BCUT2D eigenvalue weighted by molar-refractivity contribution is 0.277. The largest absolute Gasteiger partial charge is 0.489 e. The lowest BCUT2D eigenvalue weighted by Crippen LogP contribution is -1.97. The Bertz CT molecular complexity index is 535. The number of benzene rings is 2. The van der Waals surface area contributed by atoms with Crippen LogP contribution in [0.1, 0.15) is 23.6 Å². The topological polar surface area (TPSA) is 29.5 Å². The zero-order valence-corrected chi connectivity index (χ0v) is 12.5. The van der Waals surface area contributed by atoms with Crippen molar-refractivity contribution >= 4 is 15.9 Å². The first-order chi connectivity index (χ1) is 9.22. The minimum absolute atomic E-state index is 0.00296. The van der Waals surface area contributed by atoms with Crippen molar-refractivity contribution in [3.63, 3.8) is 0 Å². The zero-order valence-electron chi connectivity index (χ0n) is 10.9. The first-order valence-electron chi connectivity index (χ1n) is 6.33. The van der Waals surface area contributed by atoms with Crippen molar-refractivity contribution in [2.45, 2.75) is 26.6 Å². The SMILES string of the molecule is CCc1ccc(COc2ccc(Br)c(CO)c2)cc1. The molecule has 0 radical (unpaired) electrons. The Labute approximate surface area is 122 Å². The quantitative estimate of drug-likeness (QED) is 0.899. The van der Waals surface area contributed by atoms with Crippen molar-refractivity contribution in [1.29, 1.82) is 0 Å². The van der Waals surface area contributed by atoms with Gasteiger partial charge in [-0.25, -0.2) is 0 Å². The van der Waals surface area contributed by atoms with Crippen molar-refractivity contribution in [2.75, 3.05) is 0 Å². The zero-order chi connectivity index (χ0) is 13.7. The molecule has 2 nitrogen and oxygen atoms in total. The van der Waals surface area contributed by atoms with E-state index in [1.54, 1.807) is 0 Å². The summed E-state index contributed by atoms with van der Waals surface area (Å²) in [5.41, 5.74) is 3.31. The van der Waals surface area contributed by atoms with Crippen LogP contribution < -0.4 is 4.74 Å². The van der Waals surface area contributed by atoms with Gasteiger partial charge in [-0.1, -0.05) is 47.1 Å². The molecule has 0 unspecified atom stereocenters. The van der Waals surface area contributed by atoms with Crippen LogP contribution in [0.25, 0.3) is 0 Å². The first kappa shape index (κ1) is 14.1. The smallest absolute Gasteiger partial charge is 0.120 e. The summed E-state index contributed by atoms with van der Waals surface area (Å²) in [7, 11) is 0. The summed E-state index contributed by atoms with van der Waals surface area (Å²) in [6.07, 6.45) is 1.05. The molecule has 2 aromatic rings. The summed E-state index contributed by atoms with van der Waals surface area (Å²) >= 11 is 3.39. The van der Waals surface area contributed by atoms with Gasteiger partial charge >= 0.3 is 0 Å². The molecule has 0 atom stereocenters. The maximum absolute atomic E-state index is 9.20. The summed E-state index contributed by atoms with van der Waals surface area (Å²) in [6, 6.07) is 14.1. The second-order valence-electron chi connectivity index (χ2n) is 4.37. The van der Waals surface area contributed by atoms with Crippen LogP contribution in [0.15, 0.2) is 46.9 Å². The molecule has 100 valence electrons. The fraction of sp³-hybridized carbons (Fsp3) is 0.250. The normalized spacial score (nSPS) is 10.5. The van der Waals surface area contributed by atoms with Crippen LogP contribution in [0.4, 0.5) is 0 Å². The average molecular weight is 321 g/mol. The van der Waals surface area contributed by atoms with E-state index in [1.165, 1.54) is 5.56 Å². The number of hydrogen-bond acceptors (Lipinski definition) is 2. The standard InChI is InChI=1S/C16H17BrO2/c1-2-12-3-5-13(6-4-12)11-19-15-7-8-16(17)14(9-15)10-18/h3-9,18H,2,10-11H2,1H3. The molecule has 0 heterocycles. The van der Waals surface area contributed by atoms with Gasteiger partial charge in [-0.2, -0.15) is 0 Å². The van der Waals surface area contributed by atoms with E-state index in [4.69, 9.17) is 4.74 Å². The third-order valence-electron chi connectivity index (χ3n) is 3.02. The van der Waals surface area contributed by atoms with Gasteiger partial charge in [-0.15, -0.1) is 0 Å². The van der Waals surface area contributed by atoms with Gasteiger partial charge in [0, 0.05) is 4.47 Å². The van der Waals surface area contributed by atoms with E-state index in [-0.39, 0.29) is 6.61 Å². The number of hydrogen-bond donors (Lipinski definition) is 1. The molecule has 1 N–H and O–H groups in total. The predicted molar refractivity (Wildman–Crippen MR) is 80.2 cm³/mol. The van der Waals surface area contributed by atoms with E-state index < -0.39 is 0 Å². The highest BCUT2D eigenvalue weighted by molar-refractivity contribution is 9.10. The molecule has 2 aromatic carbocycles. The lowest BCUT2D eigenvalue weighted by atomic mass is 10.1. The van der Waals surface area contributed by atoms with E-state index in [0.717, 1.165) is 27.8 Å². The highest BCUT2D eigenvalue weighted by atomic mass is 79.9. The van der Waals surface area contributed by atoms with Gasteiger partial charge in [0.1, 0.15) is 12.4 Å². The second-order valence-corrected chi connectivity index (χ2v) is 5.22. The Kier molecular flexibility index (Phi) is 5.00. The van der Waals surface area contributed by atoms with E-state index in [1.807, 2.05) is 18.2 Å². The molecule has 0 fully saturated rings. The highest BCUT2D eigenvalue weighted by Gasteiger charge is 2.02. The lowest BCUT2D eigenvalue weighted by Gasteiger charge is -2.09. The van der Waals surface area contributed by atoms with Gasteiger partial charge in [-0.05, 0) is 41.3 Å². The van der Waals surface area contributed by atoms with Crippen molar-refractivity contribution in [3.05, 3.63) is 63.6 Å². The number of ether oxygens (including phenoxy) is 1. The number of aryl methyl sites for hydroxylation is 1. The molecule has 0 aliphatic heterocycles. The van der Waals surface area contributed by atoms with Crippen molar-refractivity contribution in [2.24, 2.45) is 0 Å². The molecule has 0 amide bonds. The van der Waals surface area contributed by atoms with Crippen molar-refractivity contribution < 1.29 is 9.84 Å². The van der Waals surface area contributed by atoms with Gasteiger partial charge in [0.15, 0.2) is 0 Å². The molecule has 0 saturated carbocycles. The van der Waals surface area contributed by atoms with Gasteiger partial charge in [0.2, 0.25) is 0 Å². The molecule has 0 saturated heterocycles. The fourth-order valence-electron chi connectivity index (χ4n) is 1.80. The maximum Gasteiger partial charge on any atom is 0.120 e. The molecular weight excluding hydrogens is 304 g/mol. The third-order valence-corrected chi connectivity index (χ3v) is 3.80. The van der Waals surface area contributed by atoms with Crippen LogP contribution in [0.3, 0.4) is 0 Å². The molecule has 0 aromatic heterocycles. The molecule has 19 heavy (non-hydrogen) atoms. The molecule has 0 aliphatic carbocycles. The molecule has 0 spiro atoms. The monoisotopic (exact) mass is 320 g/mol. The van der Waals surface area contributed by atoms with Crippen LogP contribution in [-0.2, 0) is 19.6 Å². The minimum atomic E-state index is 0.00296. The third kappa shape index (κ3) is 3.82. The molecule has 0 aliphatic rings. The van der Waals surface area contributed by atoms with Crippen LogP contribution in [0, 0.1) is 0 Å². The summed E-state index contributed by atoms with van der Waals surface area (Å²) in [6.45, 7) is 2.68. The van der Waals surface area contributed by atoms with E-state index >= 15 is 0 Å². The predicted octanol–water partition coefficient (Wildman–Crippen LogP) is 4.08. The van der Waals surface area contributed by atoms with E-state index in [2.05, 4.69) is 47.1 Å². The Balaban J connectivity index is 2.01. The Morgan fingerprint density at radius 1 is 1.05 bits per heavy atom. The van der Waals surface area contributed by atoms with E-state index in [0.29, 0.717) is 6.61 Å².